The van der Waals surface area contributed by atoms with Crippen LogP contribution in [0.15, 0.2) is 18.2 Å². The molecule has 0 aliphatic heterocycles. The van der Waals surface area contributed by atoms with Crippen molar-refractivity contribution < 1.29 is 22.3 Å². The van der Waals surface area contributed by atoms with E-state index in [-0.39, 0.29) is 22.8 Å². The number of ether oxygens (including phenoxy) is 2. The van der Waals surface area contributed by atoms with Gasteiger partial charge in [-0.25, -0.2) is 17.5 Å². The summed E-state index contributed by atoms with van der Waals surface area (Å²) in [5.41, 5.74) is 0.765. The Balaban J connectivity index is 1.96. The van der Waals surface area contributed by atoms with Gasteiger partial charge in [0.2, 0.25) is 10.0 Å². The van der Waals surface area contributed by atoms with Gasteiger partial charge < -0.3 is 9.47 Å². The van der Waals surface area contributed by atoms with Gasteiger partial charge in [-0.1, -0.05) is 40.7 Å². The summed E-state index contributed by atoms with van der Waals surface area (Å²) in [5, 5.41) is 0. The van der Waals surface area contributed by atoms with Crippen LogP contribution in [-0.4, -0.2) is 34.0 Å². The summed E-state index contributed by atoms with van der Waals surface area (Å²) < 4.78 is 53.2. The number of nitrogens with one attached hydrogen (secondary N) is 1. The zero-order valence-electron chi connectivity index (χ0n) is 18.3. The van der Waals surface area contributed by atoms with Crippen molar-refractivity contribution in [3.8, 4) is 5.75 Å². The quantitative estimate of drug-likeness (QED) is 0.490. The van der Waals surface area contributed by atoms with Crippen LogP contribution in [0.5, 0.6) is 5.75 Å². The Labute approximate surface area is 175 Å². The molecule has 1 aromatic rings. The largest absolute Gasteiger partial charge is 0.490 e. The molecule has 0 bridgehead atoms. The molecule has 5 nitrogen and oxygen atoms in total. The molecule has 1 saturated carbocycles. The Morgan fingerprint density at radius 1 is 1.24 bits per heavy atom. The van der Waals surface area contributed by atoms with E-state index >= 15 is 0 Å². The first-order valence-corrected chi connectivity index (χ1v) is 12.1. The fourth-order valence-electron chi connectivity index (χ4n) is 2.89. The fourth-order valence-corrected chi connectivity index (χ4v) is 4.30. The average Bonchev–Trinajstić information content (AvgIpc) is 3.42. The van der Waals surface area contributed by atoms with E-state index in [0.29, 0.717) is 37.7 Å². The minimum absolute atomic E-state index is 0.00339. The van der Waals surface area contributed by atoms with Gasteiger partial charge in [-0.3, -0.25) is 0 Å². The molecule has 2 rings (SSSR count). The van der Waals surface area contributed by atoms with E-state index in [9.17, 15) is 12.8 Å². The molecule has 0 aromatic heterocycles. The number of sulfonamides is 1. The van der Waals surface area contributed by atoms with E-state index in [0.717, 1.165) is 12.8 Å². The highest BCUT2D eigenvalue weighted by Crippen LogP contribution is 2.32. The Morgan fingerprint density at radius 2 is 1.93 bits per heavy atom. The summed E-state index contributed by atoms with van der Waals surface area (Å²) in [7, 11) is -3.49. The average molecular weight is 430 g/mol. The first-order chi connectivity index (χ1) is 13.5. The normalized spacial score (nSPS) is 16.2. The van der Waals surface area contributed by atoms with Crippen LogP contribution in [0.25, 0.3) is 0 Å². The van der Waals surface area contributed by atoms with E-state index in [1.54, 1.807) is 12.1 Å². The summed E-state index contributed by atoms with van der Waals surface area (Å²) in [6, 6.07) is 4.15. The molecular formula is C22H36FNO4S. The molecule has 0 amide bonds. The van der Waals surface area contributed by atoms with Gasteiger partial charge in [0.25, 0.3) is 0 Å². The fraction of sp³-hybridized carbons (Fsp3) is 0.727. The maximum Gasteiger partial charge on any atom is 0.212 e. The van der Waals surface area contributed by atoms with Crippen molar-refractivity contribution in [2.24, 2.45) is 17.3 Å². The van der Waals surface area contributed by atoms with E-state index in [1.807, 2.05) is 13.8 Å². The molecule has 166 valence electrons. The number of halogens is 1. The van der Waals surface area contributed by atoms with Crippen molar-refractivity contribution >= 4 is 10.0 Å². The van der Waals surface area contributed by atoms with Crippen molar-refractivity contribution in [2.45, 2.75) is 59.9 Å². The predicted octanol–water partition coefficient (Wildman–Crippen LogP) is 4.68. The number of rotatable bonds is 12. The SMILES string of the molecule is CC(C)[C@H](NS(=O)(=O)CCCOCC(C)(C)C)c1ccc(F)c(OCC2CC2)c1. The minimum atomic E-state index is -3.49. The van der Waals surface area contributed by atoms with Gasteiger partial charge in [-0.2, -0.15) is 0 Å². The zero-order valence-corrected chi connectivity index (χ0v) is 19.1. The van der Waals surface area contributed by atoms with Gasteiger partial charge >= 0.3 is 0 Å². The molecular weight excluding hydrogens is 393 g/mol. The zero-order chi connectivity index (χ0) is 21.7. The lowest BCUT2D eigenvalue weighted by Gasteiger charge is -2.24. The van der Waals surface area contributed by atoms with Crippen LogP contribution in [0.4, 0.5) is 4.39 Å². The Bertz CT molecular complexity index is 755. The van der Waals surface area contributed by atoms with Gasteiger partial charge in [0, 0.05) is 12.6 Å². The maximum absolute atomic E-state index is 14.1. The molecule has 0 spiro atoms. The third kappa shape index (κ3) is 9.01. The molecule has 1 N–H and O–H groups in total. The van der Waals surface area contributed by atoms with Crippen LogP contribution < -0.4 is 9.46 Å². The van der Waals surface area contributed by atoms with E-state index in [2.05, 4.69) is 25.5 Å². The third-order valence-electron chi connectivity index (χ3n) is 4.70. The summed E-state index contributed by atoms with van der Waals surface area (Å²) in [6.07, 6.45) is 2.67. The molecule has 1 aliphatic rings. The van der Waals surface area contributed by atoms with E-state index in [1.165, 1.54) is 6.07 Å². The van der Waals surface area contributed by atoms with Crippen molar-refractivity contribution in [2.75, 3.05) is 25.6 Å². The van der Waals surface area contributed by atoms with Gasteiger partial charge in [-0.05, 0) is 54.2 Å². The third-order valence-corrected chi connectivity index (χ3v) is 6.14. The van der Waals surface area contributed by atoms with Crippen LogP contribution in [0.1, 0.15) is 65.5 Å². The molecule has 29 heavy (non-hydrogen) atoms. The van der Waals surface area contributed by atoms with Crippen molar-refractivity contribution in [1.29, 1.82) is 0 Å². The maximum atomic E-state index is 14.1. The molecule has 1 aliphatic carbocycles. The Kier molecular flexibility index (Phi) is 8.49. The lowest BCUT2D eigenvalue weighted by Crippen LogP contribution is -2.34. The first kappa shape index (κ1) is 24.1. The summed E-state index contributed by atoms with van der Waals surface area (Å²) in [6.45, 7) is 11.6. The van der Waals surface area contributed by atoms with Crippen LogP contribution in [0.3, 0.4) is 0 Å². The monoisotopic (exact) mass is 429 g/mol. The van der Waals surface area contributed by atoms with Crippen molar-refractivity contribution in [3.63, 3.8) is 0 Å². The van der Waals surface area contributed by atoms with Gasteiger partial charge in [0.05, 0.1) is 19.0 Å². The molecule has 0 unspecified atom stereocenters. The lowest BCUT2D eigenvalue weighted by atomic mass is 9.97. The van der Waals surface area contributed by atoms with Crippen molar-refractivity contribution in [3.05, 3.63) is 29.6 Å². The standard InChI is InChI=1S/C22H36FNO4S/c1-16(2)21(24-29(25,26)12-6-11-27-15-22(3,4)5)18-9-10-19(23)20(13-18)28-14-17-7-8-17/h9-10,13,16-17,21,24H,6-8,11-12,14-15H2,1-5H3/t21-/m0/s1. The predicted molar refractivity (Wildman–Crippen MR) is 114 cm³/mol. The smallest absolute Gasteiger partial charge is 0.212 e. The van der Waals surface area contributed by atoms with Gasteiger partial charge in [-0.15, -0.1) is 0 Å². The molecule has 7 heteroatoms. The second-order valence-corrected chi connectivity index (χ2v) is 11.4. The number of benzene rings is 1. The van der Waals surface area contributed by atoms with Crippen LogP contribution in [0.2, 0.25) is 0 Å². The molecule has 0 saturated heterocycles. The highest BCUT2D eigenvalue weighted by atomic mass is 32.2. The molecule has 1 fully saturated rings. The summed E-state index contributed by atoms with van der Waals surface area (Å²) in [5.74, 6) is 0.277. The van der Waals surface area contributed by atoms with Crippen LogP contribution in [0, 0.1) is 23.1 Å². The lowest BCUT2D eigenvalue weighted by molar-refractivity contribution is 0.0720. The number of hydrogen-bond acceptors (Lipinski definition) is 4. The Morgan fingerprint density at radius 3 is 2.52 bits per heavy atom. The molecule has 0 radical (unpaired) electrons. The van der Waals surface area contributed by atoms with E-state index in [4.69, 9.17) is 9.47 Å². The minimum Gasteiger partial charge on any atom is -0.490 e. The summed E-state index contributed by atoms with van der Waals surface area (Å²) in [4.78, 5) is 0. The molecule has 1 atom stereocenters. The second kappa shape index (κ2) is 10.2. The summed E-state index contributed by atoms with van der Waals surface area (Å²) >= 11 is 0. The van der Waals surface area contributed by atoms with E-state index < -0.39 is 21.9 Å². The molecule has 1 aromatic carbocycles. The first-order valence-electron chi connectivity index (χ1n) is 10.5. The second-order valence-electron chi connectivity index (χ2n) is 9.57. The number of hydrogen-bond donors (Lipinski definition) is 1. The van der Waals surface area contributed by atoms with Crippen LogP contribution in [-0.2, 0) is 14.8 Å². The molecule has 0 heterocycles. The van der Waals surface area contributed by atoms with Crippen LogP contribution >= 0.6 is 0 Å². The van der Waals surface area contributed by atoms with Gasteiger partial charge in [0.1, 0.15) is 0 Å². The van der Waals surface area contributed by atoms with Gasteiger partial charge in [0.15, 0.2) is 11.6 Å². The highest BCUT2D eigenvalue weighted by Gasteiger charge is 2.25. The Hall–Kier alpha value is -1.18. The highest BCUT2D eigenvalue weighted by molar-refractivity contribution is 7.89. The van der Waals surface area contributed by atoms with Crippen molar-refractivity contribution in [1.82, 2.24) is 4.72 Å². The topological polar surface area (TPSA) is 64.6 Å².